The molecule has 0 bridgehead atoms. The van der Waals surface area contributed by atoms with E-state index in [1.54, 1.807) is 12.4 Å². The van der Waals surface area contributed by atoms with E-state index in [1.807, 2.05) is 17.4 Å². The number of carbonyl (C=O) groups excluding carboxylic acids is 3. The lowest BCUT2D eigenvalue weighted by Gasteiger charge is -2.40. The molecule has 0 aromatic carbocycles. The standard InChI is InChI=1S/C36H48N4O10S/c1-2-34(10-3-4-11-34)28(51-20-25(29(42)40-30(43)31(44)45)39-26(41)7-14-36(37,49)33(47)48)27-24-19-35(12-5-6-13-35)22(18-23(24)32(46)50-27)17-21-8-15-38-16-9-21/h8-9,15-16,18,23,25,28,30,43,49H,2-7,10-14,17,19-20,37H2,1H3,(H,39,41)(H,40,42)(H,44,45)(H,47,48). The van der Waals surface area contributed by atoms with Gasteiger partial charge in [0, 0.05) is 31.0 Å². The van der Waals surface area contributed by atoms with Crippen molar-refractivity contribution in [2.75, 3.05) is 5.75 Å². The maximum Gasteiger partial charge on any atom is 0.353 e. The van der Waals surface area contributed by atoms with E-state index < -0.39 is 60.5 Å². The fourth-order valence-corrected chi connectivity index (χ4v) is 9.98. The first kappa shape index (κ1) is 38.4. The van der Waals surface area contributed by atoms with Gasteiger partial charge in [-0.15, -0.1) is 11.8 Å². The number of ether oxygens (including phenoxy) is 1. The lowest BCUT2D eigenvalue weighted by molar-refractivity contribution is -0.159. The zero-order chi connectivity index (χ0) is 37.0. The van der Waals surface area contributed by atoms with Crippen molar-refractivity contribution in [1.82, 2.24) is 15.6 Å². The third-order valence-electron chi connectivity index (χ3n) is 11.2. The summed E-state index contributed by atoms with van der Waals surface area (Å²) in [7, 11) is 0. The van der Waals surface area contributed by atoms with Crippen LogP contribution in [0.3, 0.4) is 0 Å². The number of nitrogens with zero attached hydrogens (tertiary/aromatic N) is 1. The Balaban J connectivity index is 1.47. The van der Waals surface area contributed by atoms with Gasteiger partial charge in [-0.05, 0) is 79.0 Å². The zero-order valence-corrected chi connectivity index (χ0v) is 29.6. The van der Waals surface area contributed by atoms with Crippen LogP contribution in [0.2, 0.25) is 0 Å². The molecular formula is C36H48N4O10S. The molecule has 5 rings (SSSR count). The highest BCUT2D eigenvalue weighted by molar-refractivity contribution is 8.00. The van der Waals surface area contributed by atoms with Crippen molar-refractivity contribution in [1.29, 1.82) is 0 Å². The summed E-state index contributed by atoms with van der Waals surface area (Å²) in [5, 5.41) is 42.2. The van der Waals surface area contributed by atoms with Crippen LogP contribution < -0.4 is 16.4 Å². The number of amides is 2. The number of aliphatic carboxylic acids is 2. The van der Waals surface area contributed by atoms with Crippen molar-refractivity contribution >= 4 is 41.5 Å². The van der Waals surface area contributed by atoms with Crippen molar-refractivity contribution in [3.63, 3.8) is 0 Å². The van der Waals surface area contributed by atoms with Gasteiger partial charge in [0.15, 0.2) is 0 Å². The summed E-state index contributed by atoms with van der Waals surface area (Å²) in [6.45, 7) is 2.09. The van der Waals surface area contributed by atoms with Crippen molar-refractivity contribution in [3.8, 4) is 0 Å². The highest BCUT2D eigenvalue weighted by Crippen LogP contribution is 2.59. The first-order valence-electron chi connectivity index (χ1n) is 17.6. The van der Waals surface area contributed by atoms with Crippen LogP contribution in [0.25, 0.3) is 0 Å². The van der Waals surface area contributed by atoms with Crippen molar-refractivity contribution < 1.29 is 49.1 Å². The van der Waals surface area contributed by atoms with Gasteiger partial charge >= 0.3 is 17.9 Å². The molecule has 14 nitrogen and oxygen atoms in total. The number of aliphatic hydroxyl groups excluding tert-OH is 1. The van der Waals surface area contributed by atoms with Crippen LogP contribution >= 0.6 is 11.8 Å². The van der Waals surface area contributed by atoms with E-state index in [1.165, 1.54) is 17.3 Å². The molecule has 4 aliphatic rings. The minimum atomic E-state index is -2.68. The van der Waals surface area contributed by atoms with Crippen LogP contribution in [-0.4, -0.2) is 84.1 Å². The average molecular weight is 729 g/mol. The molecule has 1 aromatic rings. The maximum absolute atomic E-state index is 13.7. The van der Waals surface area contributed by atoms with Gasteiger partial charge in [0.1, 0.15) is 17.7 Å². The predicted molar refractivity (Wildman–Crippen MR) is 185 cm³/mol. The quantitative estimate of drug-likeness (QED) is 0.0737. The third kappa shape index (κ3) is 8.48. The molecular weight excluding hydrogens is 680 g/mol. The highest BCUT2D eigenvalue weighted by Gasteiger charge is 2.52. The summed E-state index contributed by atoms with van der Waals surface area (Å²) in [6.07, 6.45) is 12.2. The molecule has 1 aliphatic heterocycles. The number of allylic oxidation sites excluding steroid dienone is 1. The number of thioether (sulfide) groups is 1. The number of aliphatic hydroxyl groups is 2. The van der Waals surface area contributed by atoms with Gasteiger partial charge in [0.25, 0.3) is 0 Å². The Morgan fingerprint density at radius 1 is 1.08 bits per heavy atom. The Kier molecular flexibility index (Phi) is 11.9. The van der Waals surface area contributed by atoms with Crippen LogP contribution in [0, 0.1) is 16.7 Å². The van der Waals surface area contributed by atoms with Gasteiger partial charge in [0.05, 0.1) is 5.25 Å². The van der Waals surface area contributed by atoms with Gasteiger partial charge in [-0.3, -0.25) is 25.1 Å². The fraction of sp³-hybridized carbons (Fsp3) is 0.611. The number of cyclic esters (lactones) is 1. The summed E-state index contributed by atoms with van der Waals surface area (Å²) < 4.78 is 6.24. The molecule has 15 heteroatoms. The average Bonchev–Trinajstić information content (AvgIpc) is 3.85. The van der Waals surface area contributed by atoms with Crippen molar-refractivity contribution in [3.05, 3.63) is 53.1 Å². The molecule has 0 saturated heterocycles. The van der Waals surface area contributed by atoms with E-state index in [0.29, 0.717) is 12.2 Å². The molecule has 2 heterocycles. The topological polar surface area (TPSA) is 238 Å². The Hall–Kier alpha value is -3.79. The number of nitrogens with one attached hydrogen (secondary N) is 2. The molecule has 5 atom stereocenters. The van der Waals surface area contributed by atoms with E-state index in [4.69, 9.17) is 15.6 Å². The van der Waals surface area contributed by atoms with Gasteiger partial charge in [-0.25, -0.2) is 9.59 Å². The van der Waals surface area contributed by atoms with E-state index in [9.17, 15) is 39.3 Å². The fourth-order valence-electron chi connectivity index (χ4n) is 8.25. The largest absolute Gasteiger partial charge is 0.478 e. The number of carbonyl (C=O) groups is 5. The smallest absolute Gasteiger partial charge is 0.353 e. The Morgan fingerprint density at radius 3 is 2.33 bits per heavy atom. The number of fused-ring (bicyclic) bond motifs is 1. The Morgan fingerprint density at radius 2 is 1.73 bits per heavy atom. The third-order valence-corrected chi connectivity index (χ3v) is 12.8. The number of carboxylic acids is 2. The normalized spacial score (nSPS) is 23.4. The summed E-state index contributed by atoms with van der Waals surface area (Å²) in [5.74, 6) is -5.57. The molecule has 51 heavy (non-hydrogen) atoms. The summed E-state index contributed by atoms with van der Waals surface area (Å²) >= 11 is 1.34. The second kappa shape index (κ2) is 15.8. The van der Waals surface area contributed by atoms with Crippen LogP contribution in [0.4, 0.5) is 0 Å². The number of hydrogen-bond acceptors (Lipinski definition) is 11. The highest BCUT2D eigenvalue weighted by atomic mass is 32.2. The molecule has 2 saturated carbocycles. The van der Waals surface area contributed by atoms with Crippen molar-refractivity contribution in [2.45, 2.75) is 114 Å². The molecule has 5 unspecified atom stereocenters. The van der Waals surface area contributed by atoms with Crippen LogP contribution in [-0.2, 0) is 35.1 Å². The molecule has 8 N–H and O–H groups in total. The van der Waals surface area contributed by atoms with Gasteiger partial charge in [0.2, 0.25) is 23.8 Å². The minimum Gasteiger partial charge on any atom is -0.478 e. The van der Waals surface area contributed by atoms with Crippen LogP contribution in [0.5, 0.6) is 0 Å². The van der Waals surface area contributed by atoms with E-state index >= 15 is 0 Å². The molecule has 278 valence electrons. The number of nitrogens with two attached hydrogens (primary N) is 1. The number of carboxylic acid groups (broad SMARTS) is 2. The number of rotatable bonds is 16. The van der Waals surface area contributed by atoms with Crippen LogP contribution in [0.15, 0.2) is 47.5 Å². The molecule has 0 radical (unpaired) electrons. The Labute approximate surface area is 300 Å². The second-order valence-electron chi connectivity index (χ2n) is 14.4. The molecule has 2 fully saturated rings. The van der Waals surface area contributed by atoms with Gasteiger partial charge < -0.3 is 35.8 Å². The number of hydrogen-bond donors (Lipinski definition) is 7. The first-order chi connectivity index (χ1) is 24.2. The molecule has 1 spiro atoms. The van der Waals surface area contributed by atoms with Crippen LogP contribution in [0.1, 0.15) is 89.5 Å². The summed E-state index contributed by atoms with van der Waals surface area (Å²) in [6, 6.07) is 2.62. The number of aromatic nitrogens is 1. The summed E-state index contributed by atoms with van der Waals surface area (Å²) in [4.78, 5) is 66.7. The molecule has 3 aliphatic carbocycles. The van der Waals surface area contributed by atoms with Crippen molar-refractivity contribution in [2.24, 2.45) is 22.5 Å². The number of esters is 1. The first-order valence-corrected chi connectivity index (χ1v) is 18.7. The van der Waals surface area contributed by atoms with Gasteiger partial charge in [-0.1, -0.05) is 44.3 Å². The maximum atomic E-state index is 13.7. The zero-order valence-electron chi connectivity index (χ0n) is 28.8. The minimum absolute atomic E-state index is 0.0879. The lowest BCUT2D eigenvalue weighted by atomic mass is 9.65. The molecule has 1 aromatic heterocycles. The second-order valence-corrected chi connectivity index (χ2v) is 15.5. The van der Waals surface area contributed by atoms with Gasteiger partial charge in [-0.2, -0.15) is 0 Å². The SMILES string of the molecule is CCC1(C(SCC(NC(=O)CCC(N)(O)C(=O)O)C(=O)NC(O)C(=O)O)C2=C3CC4(CCCC4)C(Cc4ccncc4)=CC3C(=O)O2)CCCC1. The van der Waals surface area contributed by atoms with E-state index in [-0.39, 0.29) is 27.8 Å². The Bertz CT molecular complexity index is 1570. The number of pyridine rings is 1. The predicted octanol–water partition coefficient (Wildman–Crippen LogP) is 2.53. The molecule has 2 amide bonds. The van der Waals surface area contributed by atoms with E-state index in [0.717, 1.165) is 75.3 Å². The lowest BCUT2D eigenvalue weighted by Crippen LogP contribution is -2.54. The van der Waals surface area contributed by atoms with E-state index in [2.05, 4.69) is 23.3 Å². The summed E-state index contributed by atoms with van der Waals surface area (Å²) in [5.41, 5.74) is 5.63. The monoisotopic (exact) mass is 728 g/mol.